The number of esters is 1. The van der Waals surface area contributed by atoms with Gasteiger partial charge in [0.25, 0.3) is 0 Å². The first-order chi connectivity index (χ1) is 16.6. The molecular weight excluding hydrogens is 456 g/mol. The van der Waals surface area contributed by atoms with Crippen LogP contribution >= 0.6 is 0 Å². The van der Waals surface area contributed by atoms with Crippen LogP contribution in [0, 0.1) is 0 Å². The van der Waals surface area contributed by atoms with Crippen molar-refractivity contribution in [2.45, 2.75) is 96.2 Å². The summed E-state index contributed by atoms with van der Waals surface area (Å²) in [6, 6.07) is 15.1. The highest BCUT2D eigenvalue weighted by atomic mass is 28.4. The third-order valence-corrected chi connectivity index (χ3v) is 11.8. The summed E-state index contributed by atoms with van der Waals surface area (Å²) in [7, 11) is -0.173. The largest absolute Gasteiger partial charge is 0.497 e. The molecule has 0 bridgehead atoms. The van der Waals surface area contributed by atoms with Crippen LogP contribution in [0.15, 0.2) is 48.5 Å². The normalized spacial score (nSPS) is 19.4. The Bertz CT molecular complexity index is 941. The van der Waals surface area contributed by atoms with Crippen LogP contribution < -0.4 is 9.47 Å². The SMILES string of the molecule is COc1ccc(C(=O)OC2CCCC(O[Si](C)(C)C(C)(C)C)CCC2)c(OCc2ccccc2)c1. The highest BCUT2D eigenvalue weighted by Gasteiger charge is 2.39. The van der Waals surface area contributed by atoms with Gasteiger partial charge in [-0.25, -0.2) is 4.79 Å². The average Bonchev–Trinajstić information content (AvgIpc) is 2.80. The second-order valence-electron chi connectivity index (χ2n) is 11.0. The van der Waals surface area contributed by atoms with E-state index >= 15 is 0 Å². The van der Waals surface area contributed by atoms with E-state index in [4.69, 9.17) is 18.6 Å². The Balaban J connectivity index is 1.59. The molecule has 192 valence electrons. The Kier molecular flexibility index (Phi) is 9.42. The molecule has 0 spiro atoms. The van der Waals surface area contributed by atoms with Crippen molar-refractivity contribution in [3.05, 3.63) is 59.7 Å². The molecule has 0 radical (unpaired) electrons. The topological polar surface area (TPSA) is 54.0 Å². The summed E-state index contributed by atoms with van der Waals surface area (Å²) in [6.07, 6.45) is 5.99. The third kappa shape index (κ3) is 7.84. The van der Waals surface area contributed by atoms with Crippen LogP contribution in [0.5, 0.6) is 11.5 Å². The third-order valence-electron chi connectivity index (χ3n) is 7.29. The zero-order valence-electron chi connectivity index (χ0n) is 22.3. The summed E-state index contributed by atoms with van der Waals surface area (Å²) in [5.74, 6) is 0.783. The van der Waals surface area contributed by atoms with Crippen molar-refractivity contribution in [1.29, 1.82) is 0 Å². The Hall–Kier alpha value is -2.31. The summed E-state index contributed by atoms with van der Waals surface area (Å²) >= 11 is 0. The first-order valence-electron chi connectivity index (χ1n) is 12.8. The Morgan fingerprint density at radius 3 is 2.17 bits per heavy atom. The molecule has 1 fully saturated rings. The predicted molar refractivity (Wildman–Crippen MR) is 143 cm³/mol. The zero-order valence-corrected chi connectivity index (χ0v) is 23.3. The molecule has 6 heteroatoms. The molecule has 0 heterocycles. The smallest absolute Gasteiger partial charge is 0.342 e. The molecule has 0 N–H and O–H groups in total. The van der Waals surface area contributed by atoms with Gasteiger partial charge in [0.15, 0.2) is 8.32 Å². The molecule has 0 unspecified atom stereocenters. The van der Waals surface area contributed by atoms with Crippen molar-refractivity contribution in [1.82, 2.24) is 0 Å². The number of carbonyl (C=O) groups is 1. The number of methoxy groups -OCH3 is 1. The highest BCUT2D eigenvalue weighted by Crippen LogP contribution is 2.39. The van der Waals surface area contributed by atoms with Crippen molar-refractivity contribution >= 4 is 14.3 Å². The molecule has 0 saturated heterocycles. The van der Waals surface area contributed by atoms with Gasteiger partial charge in [-0.1, -0.05) is 51.1 Å². The van der Waals surface area contributed by atoms with E-state index in [1.807, 2.05) is 30.3 Å². The Labute approximate surface area is 212 Å². The average molecular weight is 499 g/mol. The lowest BCUT2D eigenvalue weighted by atomic mass is 9.96. The minimum absolute atomic E-state index is 0.0830. The lowest BCUT2D eigenvalue weighted by Crippen LogP contribution is -2.44. The molecule has 1 aliphatic carbocycles. The van der Waals surface area contributed by atoms with Crippen molar-refractivity contribution in [3.8, 4) is 11.5 Å². The van der Waals surface area contributed by atoms with E-state index in [0.717, 1.165) is 44.1 Å². The maximum atomic E-state index is 13.1. The maximum Gasteiger partial charge on any atom is 0.342 e. The summed E-state index contributed by atoms with van der Waals surface area (Å²) in [4.78, 5) is 13.1. The van der Waals surface area contributed by atoms with Gasteiger partial charge in [-0.3, -0.25) is 0 Å². The van der Waals surface area contributed by atoms with Gasteiger partial charge < -0.3 is 18.6 Å². The van der Waals surface area contributed by atoms with Gasteiger partial charge in [-0.2, -0.15) is 0 Å². The van der Waals surface area contributed by atoms with E-state index in [-0.39, 0.29) is 17.1 Å². The molecule has 0 amide bonds. The molecule has 0 aliphatic heterocycles. The molecule has 0 atom stereocenters. The van der Waals surface area contributed by atoms with Crippen molar-refractivity contribution in [2.24, 2.45) is 0 Å². The van der Waals surface area contributed by atoms with E-state index < -0.39 is 8.32 Å². The van der Waals surface area contributed by atoms with Crippen LogP contribution in [-0.2, 0) is 15.8 Å². The van der Waals surface area contributed by atoms with Gasteiger partial charge in [-0.15, -0.1) is 0 Å². The fourth-order valence-electron chi connectivity index (χ4n) is 4.13. The number of ether oxygens (including phenoxy) is 3. The Morgan fingerprint density at radius 2 is 1.57 bits per heavy atom. The monoisotopic (exact) mass is 498 g/mol. The van der Waals surface area contributed by atoms with Gasteiger partial charge >= 0.3 is 5.97 Å². The van der Waals surface area contributed by atoms with E-state index in [0.29, 0.717) is 29.8 Å². The number of hydrogen-bond acceptors (Lipinski definition) is 5. The number of carbonyl (C=O) groups excluding carboxylic acids is 1. The quantitative estimate of drug-likeness (QED) is 0.278. The molecule has 3 rings (SSSR count). The summed E-state index contributed by atoms with van der Waals surface area (Å²) in [5.41, 5.74) is 1.46. The van der Waals surface area contributed by atoms with Gasteiger partial charge in [0.2, 0.25) is 0 Å². The molecule has 35 heavy (non-hydrogen) atoms. The summed E-state index contributed by atoms with van der Waals surface area (Å²) < 4.78 is 24.0. The number of rotatable bonds is 8. The second kappa shape index (κ2) is 12.1. The molecule has 1 aliphatic rings. The fraction of sp³-hybridized carbons (Fsp3) is 0.552. The zero-order chi connectivity index (χ0) is 25.5. The molecule has 1 saturated carbocycles. The number of hydrogen-bond donors (Lipinski definition) is 0. The highest BCUT2D eigenvalue weighted by molar-refractivity contribution is 6.74. The van der Waals surface area contributed by atoms with E-state index in [9.17, 15) is 4.79 Å². The summed E-state index contributed by atoms with van der Waals surface area (Å²) in [5, 5.41) is 0.214. The summed E-state index contributed by atoms with van der Waals surface area (Å²) in [6.45, 7) is 11.9. The first-order valence-corrected chi connectivity index (χ1v) is 15.7. The molecule has 2 aromatic rings. The standard InChI is InChI=1S/C29H42O5Si/c1-29(2,3)35(5,6)34-24-16-10-14-23(15-11-17-24)33-28(30)26-19-18-25(31-4)20-27(26)32-21-22-12-8-7-9-13-22/h7-9,12-13,18-20,23-24H,10-11,14-17,21H2,1-6H3. The van der Waals surface area contributed by atoms with Gasteiger partial charge in [0.1, 0.15) is 29.8 Å². The van der Waals surface area contributed by atoms with Crippen LogP contribution in [0.2, 0.25) is 18.1 Å². The lowest BCUT2D eigenvalue weighted by molar-refractivity contribution is 0.0199. The minimum Gasteiger partial charge on any atom is -0.497 e. The molecule has 5 nitrogen and oxygen atoms in total. The van der Waals surface area contributed by atoms with Crippen LogP contribution in [0.25, 0.3) is 0 Å². The number of benzene rings is 2. The fourth-order valence-corrected chi connectivity index (χ4v) is 5.55. The van der Waals surface area contributed by atoms with E-state index in [1.165, 1.54) is 0 Å². The minimum atomic E-state index is -1.77. The van der Waals surface area contributed by atoms with Crippen LogP contribution in [0.3, 0.4) is 0 Å². The maximum absolute atomic E-state index is 13.1. The van der Waals surface area contributed by atoms with Gasteiger partial charge in [0.05, 0.1) is 7.11 Å². The molecular formula is C29H42O5Si. The van der Waals surface area contributed by atoms with Gasteiger partial charge in [0, 0.05) is 12.2 Å². The van der Waals surface area contributed by atoms with Crippen molar-refractivity contribution in [3.63, 3.8) is 0 Å². The molecule has 0 aromatic heterocycles. The second-order valence-corrected chi connectivity index (χ2v) is 15.8. The van der Waals surface area contributed by atoms with Crippen LogP contribution in [0.1, 0.15) is 75.2 Å². The van der Waals surface area contributed by atoms with E-state index in [2.05, 4.69) is 33.9 Å². The first kappa shape index (κ1) is 27.3. The van der Waals surface area contributed by atoms with Crippen molar-refractivity contribution < 1.29 is 23.4 Å². The van der Waals surface area contributed by atoms with E-state index in [1.54, 1.807) is 25.3 Å². The van der Waals surface area contributed by atoms with Crippen LogP contribution in [-0.4, -0.2) is 33.6 Å². The predicted octanol–water partition coefficient (Wildman–Crippen LogP) is 7.54. The lowest BCUT2D eigenvalue weighted by Gasteiger charge is -2.40. The van der Waals surface area contributed by atoms with Crippen LogP contribution in [0.4, 0.5) is 0 Å². The van der Waals surface area contributed by atoms with Gasteiger partial charge in [-0.05, 0) is 74.4 Å². The van der Waals surface area contributed by atoms with Crippen molar-refractivity contribution in [2.75, 3.05) is 7.11 Å². The Morgan fingerprint density at radius 1 is 0.943 bits per heavy atom. The molecule has 2 aromatic carbocycles.